The number of aryl methyl sites for hydroxylation is 1. The van der Waals surface area contributed by atoms with E-state index in [9.17, 15) is 10.2 Å². The fourth-order valence-electron chi connectivity index (χ4n) is 3.04. The van der Waals surface area contributed by atoms with Crippen molar-refractivity contribution in [2.75, 3.05) is 6.61 Å². The summed E-state index contributed by atoms with van der Waals surface area (Å²) in [5.74, 6) is 0. The van der Waals surface area contributed by atoms with Crippen molar-refractivity contribution in [2.45, 2.75) is 71.8 Å². The van der Waals surface area contributed by atoms with Crippen LogP contribution < -0.4 is 0 Å². The van der Waals surface area contributed by atoms with E-state index in [1.807, 2.05) is 18.2 Å². The van der Waals surface area contributed by atoms with E-state index in [0.29, 0.717) is 0 Å². The van der Waals surface area contributed by atoms with E-state index in [1.54, 1.807) is 0 Å². The summed E-state index contributed by atoms with van der Waals surface area (Å²) in [5.41, 5.74) is 1.84. The van der Waals surface area contributed by atoms with Gasteiger partial charge in [0, 0.05) is 5.41 Å². The first-order valence-electron chi connectivity index (χ1n) is 9.11. The second-order valence-electron chi connectivity index (χ2n) is 6.45. The SMILES string of the molecule is CCCCc1ccccc1C(O)C(CC)(CO)CCCC.OP(O)O. The van der Waals surface area contributed by atoms with E-state index >= 15 is 0 Å². The van der Waals surface area contributed by atoms with Gasteiger partial charge in [0.15, 0.2) is 0 Å². The number of aliphatic hydroxyl groups excluding tert-OH is 2. The molecule has 0 aromatic heterocycles. The van der Waals surface area contributed by atoms with Crippen LogP contribution in [0.15, 0.2) is 24.3 Å². The Labute approximate surface area is 153 Å². The molecule has 25 heavy (non-hydrogen) atoms. The highest BCUT2D eigenvalue weighted by Crippen LogP contribution is 2.42. The summed E-state index contributed by atoms with van der Waals surface area (Å²) in [4.78, 5) is 21.7. The van der Waals surface area contributed by atoms with Crippen molar-refractivity contribution >= 4 is 8.60 Å². The highest BCUT2D eigenvalue weighted by Gasteiger charge is 2.36. The molecule has 0 radical (unpaired) electrons. The monoisotopic (exact) mass is 374 g/mol. The Morgan fingerprint density at radius 2 is 1.56 bits per heavy atom. The van der Waals surface area contributed by atoms with Gasteiger partial charge >= 0.3 is 8.60 Å². The number of aliphatic hydroxyl groups is 2. The Balaban J connectivity index is 0.00000129. The lowest BCUT2D eigenvalue weighted by atomic mass is 9.72. The van der Waals surface area contributed by atoms with E-state index in [1.165, 1.54) is 5.56 Å². The second-order valence-corrected chi connectivity index (χ2v) is 6.99. The Morgan fingerprint density at radius 1 is 1.00 bits per heavy atom. The van der Waals surface area contributed by atoms with Crippen LogP contribution in [-0.4, -0.2) is 31.5 Å². The highest BCUT2D eigenvalue weighted by atomic mass is 31.2. The summed E-state index contributed by atoms with van der Waals surface area (Å²) >= 11 is 0. The van der Waals surface area contributed by atoms with Gasteiger partial charge < -0.3 is 24.9 Å². The molecule has 5 nitrogen and oxygen atoms in total. The van der Waals surface area contributed by atoms with E-state index < -0.39 is 20.1 Å². The summed E-state index contributed by atoms with van der Waals surface area (Å²) in [7, 11) is -2.62. The summed E-state index contributed by atoms with van der Waals surface area (Å²) in [6, 6.07) is 8.18. The summed E-state index contributed by atoms with van der Waals surface area (Å²) in [6.45, 7) is 6.46. The van der Waals surface area contributed by atoms with Gasteiger partial charge in [0.05, 0.1) is 12.7 Å². The number of hydrogen-bond acceptors (Lipinski definition) is 5. The van der Waals surface area contributed by atoms with Crippen LogP contribution in [0.5, 0.6) is 0 Å². The topological polar surface area (TPSA) is 101 Å². The molecule has 0 spiro atoms. The van der Waals surface area contributed by atoms with Crippen LogP contribution >= 0.6 is 8.60 Å². The molecular weight excluding hydrogens is 339 g/mol. The maximum atomic E-state index is 11.0. The van der Waals surface area contributed by atoms with Crippen molar-refractivity contribution < 1.29 is 24.9 Å². The van der Waals surface area contributed by atoms with Gasteiger partial charge in [0.1, 0.15) is 0 Å². The van der Waals surface area contributed by atoms with Gasteiger partial charge in [-0.25, -0.2) is 0 Å². The third kappa shape index (κ3) is 8.59. The molecule has 2 unspecified atom stereocenters. The molecule has 0 heterocycles. The predicted molar refractivity (Wildman–Crippen MR) is 103 cm³/mol. The zero-order valence-corrected chi connectivity index (χ0v) is 16.6. The third-order valence-electron chi connectivity index (χ3n) is 4.78. The Morgan fingerprint density at radius 3 is 2.04 bits per heavy atom. The average Bonchev–Trinajstić information content (AvgIpc) is 2.61. The lowest BCUT2D eigenvalue weighted by molar-refractivity contribution is -0.0307. The lowest BCUT2D eigenvalue weighted by Gasteiger charge is -2.37. The largest absolute Gasteiger partial charge is 0.396 e. The van der Waals surface area contributed by atoms with E-state index in [2.05, 4.69) is 26.8 Å². The minimum Gasteiger partial charge on any atom is -0.396 e. The van der Waals surface area contributed by atoms with Gasteiger partial charge in [-0.05, 0) is 36.8 Å². The molecule has 2 atom stereocenters. The molecule has 0 aliphatic rings. The van der Waals surface area contributed by atoms with Gasteiger partial charge in [-0.2, -0.15) is 0 Å². The molecule has 0 aliphatic carbocycles. The van der Waals surface area contributed by atoms with Crippen LogP contribution in [0.2, 0.25) is 0 Å². The summed E-state index contributed by atoms with van der Waals surface area (Å²) < 4.78 is 0. The molecule has 0 saturated carbocycles. The Hall–Kier alpha value is -0.550. The Kier molecular flexibility index (Phi) is 13.3. The van der Waals surface area contributed by atoms with E-state index in [0.717, 1.165) is 50.5 Å². The zero-order chi connectivity index (χ0) is 19.3. The maximum Gasteiger partial charge on any atom is 0.324 e. The van der Waals surface area contributed by atoms with Gasteiger partial charge in [-0.3, -0.25) is 0 Å². The fourth-order valence-corrected chi connectivity index (χ4v) is 3.04. The summed E-state index contributed by atoms with van der Waals surface area (Å²) in [6.07, 6.45) is 6.52. The minimum absolute atomic E-state index is 0.0484. The molecule has 0 amide bonds. The number of hydrogen-bond donors (Lipinski definition) is 5. The van der Waals surface area contributed by atoms with Crippen LogP contribution in [0.1, 0.15) is 76.5 Å². The predicted octanol–water partition coefficient (Wildman–Crippen LogP) is 3.83. The highest BCUT2D eigenvalue weighted by molar-refractivity contribution is 7.38. The number of unbranched alkanes of at least 4 members (excludes halogenated alkanes) is 2. The van der Waals surface area contributed by atoms with E-state index in [4.69, 9.17) is 14.7 Å². The number of rotatable bonds is 10. The molecule has 1 aromatic carbocycles. The van der Waals surface area contributed by atoms with Gasteiger partial charge in [0.25, 0.3) is 0 Å². The van der Waals surface area contributed by atoms with Crippen molar-refractivity contribution in [3.8, 4) is 0 Å². The molecule has 0 fully saturated rings. The van der Waals surface area contributed by atoms with E-state index in [-0.39, 0.29) is 6.61 Å². The van der Waals surface area contributed by atoms with Crippen LogP contribution in [0.4, 0.5) is 0 Å². The van der Waals surface area contributed by atoms with Crippen LogP contribution in [0.25, 0.3) is 0 Å². The maximum absolute atomic E-state index is 11.0. The average molecular weight is 374 g/mol. The zero-order valence-electron chi connectivity index (χ0n) is 15.7. The van der Waals surface area contributed by atoms with Crippen molar-refractivity contribution in [2.24, 2.45) is 5.41 Å². The minimum atomic E-state index is -2.62. The van der Waals surface area contributed by atoms with Crippen LogP contribution in [0, 0.1) is 5.41 Å². The van der Waals surface area contributed by atoms with Crippen LogP contribution in [-0.2, 0) is 6.42 Å². The summed E-state index contributed by atoms with van der Waals surface area (Å²) in [5, 5.41) is 20.9. The first-order valence-corrected chi connectivity index (χ1v) is 10.3. The molecule has 0 saturated heterocycles. The third-order valence-corrected chi connectivity index (χ3v) is 4.78. The van der Waals surface area contributed by atoms with Gasteiger partial charge in [-0.15, -0.1) is 0 Å². The lowest BCUT2D eigenvalue weighted by Crippen LogP contribution is -2.33. The fraction of sp³-hybridized carbons (Fsp3) is 0.684. The van der Waals surface area contributed by atoms with Crippen molar-refractivity contribution in [1.82, 2.24) is 0 Å². The van der Waals surface area contributed by atoms with Crippen LogP contribution in [0.3, 0.4) is 0 Å². The molecule has 1 aromatic rings. The first-order chi connectivity index (χ1) is 11.9. The normalized spacial score (nSPS) is 14.6. The molecule has 6 heteroatoms. The second kappa shape index (κ2) is 13.6. The molecule has 146 valence electrons. The smallest absolute Gasteiger partial charge is 0.324 e. The van der Waals surface area contributed by atoms with Gasteiger partial charge in [0.2, 0.25) is 0 Å². The van der Waals surface area contributed by atoms with Crippen molar-refractivity contribution in [3.05, 3.63) is 35.4 Å². The molecule has 0 bridgehead atoms. The van der Waals surface area contributed by atoms with Gasteiger partial charge in [-0.1, -0.05) is 64.3 Å². The molecule has 5 N–H and O–H groups in total. The molecular formula is C19H35O5P. The Bertz CT molecular complexity index is 446. The molecule has 1 rings (SSSR count). The van der Waals surface area contributed by atoms with Crippen molar-refractivity contribution in [1.29, 1.82) is 0 Å². The van der Waals surface area contributed by atoms with Crippen molar-refractivity contribution in [3.63, 3.8) is 0 Å². The quantitative estimate of drug-likeness (QED) is 0.401. The molecule has 0 aliphatic heterocycles. The number of benzene rings is 1. The first kappa shape index (κ1) is 24.5. The standard InChI is InChI=1S/C19H32O2.H3O3P/c1-4-7-11-16-12-9-10-13-17(16)18(21)19(6-3,15-20)14-8-5-2;1-4(2)3/h9-10,12-13,18,20-21H,4-8,11,14-15H2,1-3H3;1-3H.